The molecule has 36 heavy (non-hydrogen) atoms. The van der Waals surface area contributed by atoms with E-state index in [0.717, 1.165) is 22.7 Å². The monoisotopic (exact) mass is 520 g/mol. The SMILES string of the molecule is CC(C)C(O)(c1ncc(-c2cccc(Nc3nccc(C(F)(F)F)n3)c2)s1)C1CCC(C(=O)O)CC1. The van der Waals surface area contributed by atoms with Gasteiger partial charge in [-0.2, -0.15) is 13.2 Å². The molecule has 0 aliphatic heterocycles. The molecule has 1 saturated carbocycles. The van der Waals surface area contributed by atoms with Gasteiger partial charge in [-0.3, -0.25) is 4.79 Å². The summed E-state index contributed by atoms with van der Waals surface area (Å²) in [6, 6.07) is 7.87. The minimum atomic E-state index is -4.57. The van der Waals surface area contributed by atoms with Crippen LogP contribution in [0.5, 0.6) is 0 Å². The van der Waals surface area contributed by atoms with Crippen molar-refractivity contribution in [2.24, 2.45) is 17.8 Å². The van der Waals surface area contributed by atoms with Crippen LogP contribution in [-0.2, 0) is 16.6 Å². The lowest BCUT2D eigenvalue weighted by molar-refractivity contribution is -0.145. The number of carboxylic acid groups (broad SMARTS) is 1. The van der Waals surface area contributed by atoms with Crippen molar-refractivity contribution in [2.75, 3.05) is 5.32 Å². The Morgan fingerprint density at radius 2 is 1.86 bits per heavy atom. The molecule has 2 heterocycles. The van der Waals surface area contributed by atoms with Gasteiger partial charge in [-0.05, 0) is 61.3 Å². The van der Waals surface area contributed by atoms with Crippen molar-refractivity contribution in [2.45, 2.75) is 51.3 Å². The van der Waals surface area contributed by atoms with Gasteiger partial charge in [0, 0.05) is 18.1 Å². The predicted molar refractivity (Wildman–Crippen MR) is 130 cm³/mol. The zero-order valence-electron chi connectivity index (χ0n) is 19.8. The number of benzene rings is 1. The van der Waals surface area contributed by atoms with Crippen molar-refractivity contribution in [1.29, 1.82) is 0 Å². The summed E-state index contributed by atoms with van der Waals surface area (Å²) in [5.41, 5.74) is -0.938. The van der Waals surface area contributed by atoms with Gasteiger partial charge in [0.05, 0.1) is 10.8 Å². The van der Waals surface area contributed by atoms with Gasteiger partial charge in [0.25, 0.3) is 0 Å². The normalized spacial score (nSPS) is 20.2. The molecule has 1 atom stereocenters. The number of thiazole rings is 1. The van der Waals surface area contributed by atoms with E-state index in [-0.39, 0.29) is 23.7 Å². The van der Waals surface area contributed by atoms with E-state index in [9.17, 15) is 28.2 Å². The summed E-state index contributed by atoms with van der Waals surface area (Å²) in [6.45, 7) is 3.87. The number of rotatable bonds is 7. The molecule has 0 amide bonds. The zero-order chi connectivity index (χ0) is 26.1. The van der Waals surface area contributed by atoms with E-state index in [1.165, 1.54) is 11.3 Å². The quantitative estimate of drug-likeness (QED) is 0.346. The highest BCUT2D eigenvalue weighted by atomic mass is 32.1. The van der Waals surface area contributed by atoms with E-state index >= 15 is 0 Å². The molecule has 0 spiro atoms. The van der Waals surface area contributed by atoms with E-state index in [0.29, 0.717) is 36.4 Å². The summed E-state index contributed by atoms with van der Waals surface area (Å²) in [5, 5.41) is 24.5. The third kappa shape index (κ3) is 5.36. The third-order valence-corrected chi connectivity index (χ3v) is 7.96. The molecule has 4 rings (SSSR count). The fourth-order valence-electron chi connectivity index (χ4n) is 4.72. The smallest absolute Gasteiger partial charge is 0.433 e. The fourth-order valence-corrected chi connectivity index (χ4v) is 5.95. The van der Waals surface area contributed by atoms with Crippen molar-refractivity contribution >= 4 is 28.9 Å². The maximum absolute atomic E-state index is 13.0. The summed E-state index contributed by atoms with van der Waals surface area (Å²) >= 11 is 1.36. The molecule has 1 aromatic carbocycles. The van der Waals surface area contributed by atoms with Gasteiger partial charge in [-0.15, -0.1) is 11.3 Å². The van der Waals surface area contributed by atoms with Crippen molar-refractivity contribution < 1.29 is 28.2 Å². The van der Waals surface area contributed by atoms with Crippen molar-refractivity contribution in [3.05, 3.63) is 53.4 Å². The van der Waals surface area contributed by atoms with E-state index in [1.807, 2.05) is 19.9 Å². The van der Waals surface area contributed by atoms with Crippen LogP contribution < -0.4 is 5.32 Å². The highest BCUT2D eigenvalue weighted by molar-refractivity contribution is 7.15. The number of carbonyl (C=O) groups is 1. The average molecular weight is 521 g/mol. The molecule has 1 aliphatic carbocycles. The summed E-state index contributed by atoms with van der Waals surface area (Å²) in [7, 11) is 0. The van der Waals surface area contributed by atoms with Crippen LogP contribution in [0.1, 0.15) is 50.2 Å². The van der Waals surface area contributed by atoms with E-state index in [2.05, 4.69) is 20.3 Å². The Balaban J connectivity index is 1.56. The molecule has 7 nitrogen and oxygen atoms in total. The van der Waals surface area contributed by atoms with Crippen LogP contribution in [0.3, 0.4) is 0 Å². The molecule has 3 aromatic rings. The van der Waals surface area contributed by atoms with Crippen LogP contribution in [0.4, 0.5) is 24.8 Å². The number of carboxylic acids is 1. The van der Waals surface area contributed by atoms with Gasteiger partial charge in [0.2, 0.25) is 5.95 Å². The van der Waals surface area contributed by atoms with Gasteiger partial charge in [-0.25, -0.2) is 15.0 Å². The maximum atomic E-state index is 13.0. The maximum Gasteiger partial charge on any atom is 0.433 e. The van der Waals surface area contributed by atoms with Crippen molar-refractivity contribution in [1.82, 2.24) is 15.0 Å². The Morgan fingerprint density at radius 3 is 2.50 bits per heavy atom. The standard InChI is InChI=1S/C25H27F3N4O3S/c1-14(2)24(35,17-8-6-15(7-9-17)21(33)34)22-30-13-19(36-22)16-4-3-5-18(12-16)31-23-29-11-10-20(32-23)25(26,27)28/h3-5,10-15,17,35H,6-9H2,1-2H3,(H,33,34)(H,29,31,32). The molecule has 1 unspecified atom stereocenters. The first-order chi connectivity index (χ1) is 17.0. The number of anilines is 2. The molecule has 1 aliphatic rings. The van der Waals surface area contributed by atoms with Crippen molar-refractivity contribution in [3.63, 3.8) is 0 Å². The first kappa shape index (κ1) is 26.0. The Labute approximate surface area is 210 Å². The van der Waals surface area contributed by atoms with E-state index in [4.69, 9.17) is 0 Å². The molecular weight excluding hydrogens is 493 g/mol. The van der Waals surface area contributed by atoms with Gasteiger partial charge in [-0.1, -0.05) is 26.0 Å². The average Bonchev–Trinajstić information content (AvgIpc) is 3.34. The molecule has 3 N–H and O–H groups in total. The number of alkyl halides is 3. The molecule has 192 valence electrons. The predicted octanol–water partition coefficient (Wildman–Crippen LogP) is 6.10. The third-order valence-electron chi connectivity index (χ3n) is 6.78. The minimum absolute atomic E-state index is 0.0989. The first-order valence-electron chi connectivity index (χ1n) is 11.7. The Bertz CT molecular complexity index is 1230. The lowest BCUT2D eigenvalue weighted by atomic mass is 9.69. The first-order valence-corrected chi connectivity index (χ1v) is 12.5. The Kier molecular flexibility index (Phi) is 7.33. The highest BCUT2D eigenvalue weighted by Gasteiger charge is 2.45. The lowest BCUT2D eigenvalue weighted by Crippen LogP contribution is -2.42. The molecule has 0 radical (unpaired) electrons. The molecule has 0 bridgehead atoms. The van der Waals surface area contributed by atoms with E-state index < -0.39 is 23.4 Å². The number of hydrogen-bond acceptors (Lipinski definition) is 7. The van der Waals surface area contributed by atoms with Gasteiger partial charge in [0.1, 0.15) is 16.3 Å². The summed E-state index contributed by atoms with van der Waals surface area (Å²) < 4.78 is 38.9. The minimum Gasteiger partial charge on any atom is -0.481 e. The fraction of sp³-hybridized carbons (Fsp3) is 0.440. The zero-order valence-corrected chi connectivity index (χ0v) is 20.6. The second-order valence-corrected chi connectivity index (χ2v) is 10.4. The second-order valence-electron chi connectivity index (χ2n) is 9.37. The highest BCUT2D eigenvalue weighted by Crippen LogP contribution is 2.47. The molecule has 1 fully saturated rings. The van der Waals surface area contributed by atoms with Gasteiger partial charge in [0.15, 0.2) is 0 Å². The molecular formula is C25H27F3N4O3S. The van der Waals surface area contributed by atoms with Crippen LogP contribution in [0.2, 0.25) is 0 Å². The number of aromatic nitrogens is 3. The van der Waals surface area contributed by atoms with Gasteiger partial charge >= 0.3 is 12.1 Å². The summed E-state index contributed by atoms with van der Waals surface area (Å²) in [6.07, 6.45) is 0.426. The Hall–Kier alpha value is -3.05. The topological polar surface area (TPSA) is 108 Å². The Morgan fingerprint density at radius 1 is 1.14 bits per heavy atom. The van der Waals surface area contributed by atoms with Crippen molar-refractivity contribution in [3.8, 4) is 10.4 Å². The van der Waals surface area contributed by atoms with Crippen LogP contribution in [0.15, 0.2) is 42.7 Å². The van der Waals surface area contributed by atoms with E-state index in [1.54, 1.807) is 24.4 Å². The number of aliphatic hydroxyl groups is 1. The number of hydrogen-bond donors (Lipinski definition) is 3. The second kappa shape index (κ2) is 10.1. The number of nitrogens with one attached hydrogen (secondary N) is 1. The van der Waals surface area contributed by atoms with Crippen LogP contribution in [0.25, 0.3) is 10.4 Å². The number of nitrogens with zero attached hydrogens (tertiary/aromatic N) is 3. The van der Waals surface area contributed by atoms with Gasteiger partial charge < -0.3 is 15.5 Å². The lowest BCUT2D eigenvalue weighted by Gasteiger charge is -2.41. The summed E-state index contributed by atoms with van der Waals surface area (Å²) in [5.74, 6) is -1.56. The molecule has 11 heteroatoms. The van der Waals surface area contributed by atoms with Crippen LogP contribution in [-0.4, -0.2) is 31.1 Å². The number of aliphatic carboxylic acids is 1. The molecule has 2 aromatic heterocycles. The van der Waals surface area contributed by atoms with Crippen LogP contribution in [0, 0.1) is 17.8 Å². The summed E-state index contributed by atoms with van der Waals surface area (Å²) in [4.78, 5) is 24.1. The largest absolute Gasteiger partial charge is 0.481 e. The van der Waals surface area contributed by atoms with Crippen LogP contribution >= 0.6 is 11.3 Å². The number of halogens is 3. The molecule has 0 saturated heterocycles.